The van der Waals surface area contributed by atoms with Gasteiger partial charge in [0.1, 0.15) is 18.4 Å². The lowest BCUT2D eigenvalue weighted by Crippen LogP contribution is -2.42. The van der Waals surface area contributed by atoms with Crippen molar-refractivity contribution >= 4 is 15.9 Å². The van der Waals surface area contributed by atoms with Crippen molar-refractivity contribution in [2.24, 2.45) is 5.73 Å². The van der Waals surface area contributed by atoms with Crippen LogP contribution in [-0.2, 0) is 0 Å². The van der Waals surface area contributed by atoms with Crippen LogP contribution < -0.4 is 10.5 Å². The van der Waals surface area contributed by atoms with E-state index >= 15 is 0 Å². The molecule has 2 N–H and O–H groups in total. The fourth-order valence-corrected chi connectivity index (χ4v) is 2.57. The van der Waals surface area contributed by atoms with Gasteiger partial charge in [0.2, 0.25) is 0 Å². The Morgan fingerprint density at radius 1 is 1.41 bits per heavy atom. The molecule has 1 aliphatic carbocycles. The Labute approximate surface area is 110 Å². The van der Waals surface area contributed by atoms with Gasteiger partial charge in [-0.3, -0.25) is 0 Å². The monoisotopic (exact) mass is 294 g/mol. The summed E-state index contributed by atoms with van der Waals surface area (Å²) in [5.41, 5.74) is 6.66. The summed E-state index contributed by atoms with van der Waals surface area (Å²) in [6, 6.07) is 7.47. The maximum absolute atomic E-state index is 8.81. The number of nitrogens with zero attached hydrogens (tertiary/aromatic N) is 1. The molecular weight excluding hydrogens is 280 g/mol. The number of rotatable bonds is 3. The van der Waals surface area contributed by atoms with Gasteiger partial charge in [0.05, 0.1) is 11.1 Å². The number of ether oxygens (including phenoxy) is 1. The van der Waals surface area contributed by atoms with Gasteiger partial charge in [-0.25, -0.2) is 0 Å². The first-order valence-corrected chi connectivity index (χ1v) is 6.54. The van der Waals surface area contributed by atoms with Crippen LogP contribution in [0.25, 0.3) is 0 Å². The normalized spacial score (nSPS) is 17.7. The Morgan fingerprint density at radius 3 is 2.71 bits per heavy atom. The minimum atomic E-state index is -0.166. The van der Waals surface area contributed by atoms with Gasteiger partial charge >= 0.3 is 0 Å². The number of nitrogens with two attached hydrogens (primary N) is 1. The van der Waals surface area contributed by atoms with Gasteiger partial charge in [0.25, 0.3) is 0 Å². The third-order valence-corrected chi connectivity index (χ3v) is 3.84. The molecule has 1 fully saturated rings. The number of hydrogen-bond acceptors (Lipinski definition) is 3. The van der Waals surface area contributed by atoms with Crippen LogP contribution >= 0.6 is 15.9 Å². The van der Waals surface area contributed by atoms with E-state index in [0.29, 0.717) is 12.2 Å². The minimum absolute atomic E-state index is 0.166. The van der Waals surface area contributed by atoms with Gasteiger partial charge in [-0.05, 0) is 47.0 Å². The third-order valence-electron chi connectivity index (χ3n) is 3.19. The smallest absolute Gasteiger partial charge is 0.120 e. The van der Waals surface area contributed by atoms with Gasteiger partial charge in [0.15, 0.2) is 0 Å². The van der Waals surface area contributed by atoms with E-state index in [2.05, 4.69) is 22.0 Å². The molecule has 1 aromatic carbocycles. The van der Waals surface area contributed by atoms with E-state index in [9.17, 15) is 0 Å². The van der Waals surface area contributed by atoms with E-state index in [-0.39, 0.29) is 5.54 Å². The van der Waals surface area contributed by atoms with E-state index < -0.39 is 0 Å². The van der Waals surface area contributed by atoms with Crippen molar-refractivity contribution in [1.29, 1.82) is 5.26 Å². The average molecular weight is 295 g/mol. The SMILES string of the molecule is N#Cc1ccc(OCC2(N)CCCC2)cc1Br. The van der Waals surface area contributed by atoms with Crippen molar-refractivity contribution in [2.45, 2.75) is 31.2 Å². The zero-order chi connectivity index (χ0) is 12.3. The van der Waals surface area contributed by atoms with E-state index in [1.54, 1.807) is 6.07 Å². The number of nitriles is 1. The molecule has 0 saturated heterocycles. The number of benzene rings is 1. The summed E-state index contributed by atoms with van der Waals surface area (Å²) in [5.74, 6) is 0.757. The van der Waals surface area contributed by atoms with Gasteiger partial charge in [-0.2, -0.15) is 5.26 Å². The van der Waals surface area contributed by atoms with E-state index in [4.69, 9.17) is 15.7 Å². The Balaban J connectivity index is 2.00. The highest BCUT2D eigenvalue weighted by Gasteiger charge is 2.30. The molecule has 17 heavy (non-hydrogen) atoms. The fourth-order valence-electron chi connectivity index (χ4n) is 2.13. The second-order valence-electron chi connectivity index (χ2n) is 4.61. The Kier molecular flexibility index (Phi) is 3.70. The molecule has 1 saturated carbocycles. The Hall–Kier alpha value is -1.05. The first kappa shape index (κ1) is 12.4. The predicted octanol–water partition coefficient (Wildman–Crippen LogP) is 2.97. The van der Waals surface area contributed by atoms with E-state index in [1.165, 1.54) is 12.8 Å². The van der Waals surface area contributed by atoms with E-state index in [0.717, 1.165) is 23.1 Å². The quantitative estimate of drug-likeness (QED) is 0.932. The summed E-state index contributed by atoms with van der Waals surface area (Å²) in [6.45, 7) is 0.547. The van der Waals surface area contributed by atoms with Gasteiger partial charge in [-0.1, -0.05) is 12.8 Å². The molecule has 3 nitrogen and oxygen atoms in total. The molecule has 90 valence electrons. The molecule has 0 radical (unpaired) electrons. The summed E-state index contributed by atoms with van der Waals surface area (Å²) in [6.07, 6.45) is 4.45. The number of halogens is 1. The number of hydrogen-bond donors (Lipinski definition) is 1. The van der Waals surface area contributed by atoms with Crippen LogP contribution in [0.1, 0.15) is 31.2 Å². The van der Waals surface area contributed by atoms with Crippen LogP contribution in [0.3, 0.4) is 0 Å². The molecule has 0 heterocycles. The molecule has 2 rings (SSSR count). The third kappa shape index (κ3) is 2.99. The van der Waals surface area contributed by atoms with Crippen LogP contribution in [0, 0.1) is 11.3 Å². The summed E-state index contributed by atoms with van der Waals surface area (Å²) >= 11 is 3.34. The molecule has 4 heteroatoms. The van der Waals surface area contributed by atoms with Gasteiger partial charge in [-0.15, -0.1) is 0 Å². The molecule has 0 amide bonds. The van der Waals surface area contributed by atoms with Crippen molar-refractivity contribution in [3.05, 3.63) is 28.2 Å². The average Bonchev–Trinajstić information content (AvgIpc) is 2.74. The molecule has 0 atom stereocenters. The topological polar surface area (TPSA) is 59.0 Å². The summed E-state index contributed by atoms with van der Waals surface area (Å²) in [7, 11) is 0. The van der Waals surface area contributed by atoms with Crippen LogP contribution in [0.4, 0.5) is 0 Å². The van der Waals surface area contributed by atoms with Crippen molar-refractivity contribution in [3.63, 3.8) is 0 Å². The molecule has 0 aliphatic heterocycles. The molecular formula is C13H15BrN2O. The predicted molar refractivity (Wildman–Crippen MR) is 69.7 cm³/mol. The van der Waals surface area contributed by atoms with Crippen LogP contribution in [0.15, 0.2) is 22.7 Å². The lowest BCUT2D eigenvalue weighted by Gasteiger charge is -2.23. The standard InChI is InChI=1S/C13H15BrN2O/c14-12-7-11(4-3-10(12)8-15)17-9-13(16)5-1-2-6-13/h3-4,7H,1-2,5-6,9,16H2. The van der Waals surface area contributed by atoms with Crippen LogP contribution in [0.5, 0.6) is 5.75 Å². The lowest BCUT2D eigenvalue weighted by molar-refractivity contribution is 0.220. The van der Waals surface area contributed by atoms with Crippen molar-refractivity contribution < 1.29 is 4.74 Å². The van der Waals surface area contributed by atoms with Crippen LogP contribution in [-0.4, -0.2) is 12.1 Å². The first-order valence-electron chi connectivity index (χ1n) is 5.74. The van der Waals surface area contributed by atoms with Crippen LogP contribution in [0.2, 0.25) is 0 Å². The maximum Gasteiger partial charge on any atom is 0.120 e. The van der Waals surface area contributed by atoms with Gasteiger partial charge in [0, 0.05) is 4.47 Å². The van der Waals surface area contributed by atoms with Crippen molar-refractivity contribution in [3.8, 4) is 11.8 Å². The second-order valence-corrected chi connectivity index (χ2v) is 5.47. The van der Waals surface area contributed by atoms with Gasteiger partial charge < -0.3 is 10.5 Å². The van der Waals surface area contributed by atoms with E-state index in [1.807, 2.05) is 12.1 Å². The fraction of sp³-hybridized carbons (Fsp3) is 0.462. The highest BCUT2D eigenvalue weighted by atomic mass is 79.9. The first-order chi connectivity index (χ1) is 8.13. The second kappa shape index (κ2) is 5.07. The molecule has 0 aromatic heterocycles. The molecule has 0 bridgehead atoms. The van der Waals surface area contributed by atoms with Crippen molar-refractivity contribution in [2.75, 3.05) is 6.61 Å². The van der Waals surface area contributed by atoms with Crippen molar-refractivity contribution in [1.82, 2.24) is 0 Å². The summed E-state index contributed by atoms with van der Waals surface area (Å²) < 4.78 is 6.47. The zero-order valence-corrected chi connectivity index (χ0v) is 11.2. The molecule has 0 unspecified atom stereocenters. The lowest BCUT2D eigenvalue weighted by atomic mass is 10.0. The minimum Gasteiger partial charge on any atom is -0.492 e. The zero-order valence-electron chi connectivity index (χ0n) is 9.58. The maximum atomic E-state index is 8.81. The molecule has 0 spiro atoms. The summed E-state index contributed by atoms with van der Waals surface area (Å²) in [4.78, 5) is 0. The Bertz CT molecular complexity index is 447. The largest absolute Gasteiger partial charge is 0.492 e. The highest BCUT2D eigenvalue weighted by Crippen LogP contribution is 2.29. The molecule has 1 aromatic rings. The summed E-state index contributed by atoms with van der Waals surface area (Å²) in [5, 5.41) is 8.81. The molecule has 1 aliphatic rings. The highest BCUT2D eigenvalue weighted by molar-refractivity contribution is 9.10. The Morgan fingerprint density at radius 2 is 2.12 bits per heavy atom.